The van der Waals surface area contributed by atoms with Crippen LogP contribution in [-0.2, 0) is 4.74 Å². The van der Waals surface area contributed by atoms with Gasteiger partial charge in [0, 0.05) is 18.8 Å². The molecule has 0 saturated carbocycles. The van der Waals surface area contributed by atoms with Crippen LogP contribution in [0.5, 0.6) is 0 Å². The average molecular weight is 454 g/mol. The highest BCUT2D eigenvalue weighted by molar-refractivity contribution is 5.83. The van der Waals surface area contributed by atoms with Gasteiger partial charge in [-0.15, -0.1) is 0 Å². The summed E-state index contributed by atoms with van der Waals surface area (Å²) in [7, 11) is 0. The molecular weight excluding hydrogens is 428 g/mol. The van der Waals surface area contributed by atoms with Gasteiger partial charge in [-0.3, -0.25) is 4.57 Å². The van der Waals surface area contributed by atoms with Crippen LogP contribution in [0.4, 0.5) is 17.5 Å². The third-order valence-electron chi connectivity index (χ3n) is 5.98. The molecule has 12 nitrogen and oxygen atoms in total. The molecule has 0 bridgehead atoms. The Morgan fingerprint density at radius 3 is 2.61 bits per heavy atom. The van der Waals surface area contributed by atoms with Gasteiger partial charge in [0.2, 0.25) is 5.95 Å². The number of fused-ring (bicyclic) bond motifs is 1. The van der Waals surface area contributed by atoms with Crippen molar-refractivity contribution in [3.8, 4) is 0 Å². The summed E-state index contributed by atoms with van der Waals surface area (Å²) in [5, 5.41) is 33.9. The van der Waals surface area contributed by atoms with Crippen LogP contribution in [0.2, 0.25) is 0 Å². The molecular formula is C21H26N8O4. The van der Waals surface area contributed by atoms with Gasteiger partial charge in [0.1, 0.15) is 23.8 Å². The Labute approximate surface area is 189 Å². The maximum absolute atomic E-state index is 10.3. The summed E-state index contributed by atoms with van der Waals surface area (Å²) in [6, 6.07) is 8.14. The predicted octanol–water partition coefficient (Wildman–Crippen LogP) is 0.0662. The van der Waals surface area contributed by atoms with Crippen LogP contribution in [0, 0.1) is 0 Å². The topological polar surface area (TPSA) is 167 Å². The van der Waals surface area contributed by atoms with E-state index in [1.54, 1.807) is 6.21 Å². The Bertz CT molecular complexity index is 1150. The molecule has 4 atom stereocenters. The van der Waals surface area contributed by atoms with Crippen molar-refractivity contribution in [3.05, 3.63) is 36.2 Å². The number of aliphatic hydroxyl groups is 3. The van der Waals surface area contributed by atoms with E-state index in [0.717, 1.165) is 18.7 Å². The molecule has 2 aliphatic rings. The number of hydrogen-bond donors (Lipinski definition) is 5. The highest BCUT2D eigenvalue weighted by atomic mass is 16.6. The van der Waals surface area contributed by atoms with Crippen LogP contribution in [0.25, 0.3) is 11.2 Å². The standard InChI is InChI=1S/C21H26N8O4/c22-18-15-19(29(11-23-15)20-17(32)16(31)14(10-30)33-20)26-21(25-18)27-24-9-12-3-5-13(6-4-12)28-7-1-2-8-28/h3-6,9,11,14,16-17,20,30-32H,1-2,7-8,10H2,(H3,22,25,26,27)/b24-9+. The number of nitrogens with two attached hydrogens (primary N) is 1. The molecule has 5 rings (SSSR count). The molecule has 1 aromatic carbocycles. The molecule has 0 spiro atoms. The van der Waals surface area contributed by atoms with Crippen LogP contribution in [0.3, 0.4) is 0 Å². The zero-order valence-corrected chi connectivity index (χ0v) is 17.8. The van der Waals surface area contributed by atoms with Crippen LogP contribution in [-0.4, -0.2) is 79.1 Å². The van der Waals surface area contributed by atoms with Gasteiger partial charge in [0.05, 0.1) is 19.1 Å². The van der Waals surface area contributed by atoms with E-state index in [4.69, 9.17) is 10.5 Å². The number of nitrogen functional groups attached to an aromatic ring is 1. The molecule has 4 unspecified atom stereocenters. The first-order valence-electron chi connectivity index (χ1n) is 10.8. The Hall–Kier alpha value is -3.32. The number of benzene rings is 1. The lowest BCUT2D eigenvalue weighted by Gasteiger charge is -2.17. The van der Waals surface area contributed by atoms with Crippen molar-refractivity contribution < 1.29 is 20.1 Å². The maximum Gasteiger partial charge on any atom is 0.247 e. The minimum atomic E-state index is -1.27. The van der Waals surface area contributed by atoms with E-state index in [1.807, 2.05) is 12.1 Å². The summed E-state index contributed by atoms with van der Waals surface area (Å²) < 4.78 is 7.02. The van der Waals surface area contributed by atoms with Gasteiger partial charge in [-0.25, -0.2) is 10.4 Å². The largest absolute Gasteiger partial charge is 0.394 e. The number of hydrazone groups is 1. The summed E-state index contributed by atoms with van der Waals surface area (Å²) in [6.07, 6.45) is 1.10. The SMILES string of the molecule is Nc1nc(N/N=C/c2ccc(N3CCCC3)cc2)nc2c1ncn2C1OC(CO)C(O)C1O. The Morgan fingerprint density at radius 1 is 1.15 bits per heavy atom. The van der Waals surface area contributed by atoms with Crippen molar-refractivity contribution in [2.24, 2.45) is 5.10 Å². The molecule has 0 aliphatic carbocycles. The summed E-state index contributed by atoms with van der Waals surface area (Å²) in [5.74, 6) is 0.261. The molecule has 2 aliphatic heterocycles. The number of imidazole rings is 1. The number of hydrogen-bond acceptors (Lipinski definition) is 11. The second-order valence-electron chi connectivity index (χ2n) is 8.14. The third kappa shape index (κ3) is 4.09. The third-order valence-corrected chi connectivity index (χ3v) is 5.98. The summed E-state index contributed by atoms with van der Waals surface area (Å²) >= 11 is 0. The highest BCUT2D eigenvalue weighted by Crippen LogP contribution is 2.32. The molecule has 6 N–H and O–H groups in total. The average Bonchev–Trinajstić information content (AvgIpc) is 3.55. The lowest BCUT2D eigenvalue weighted by Crippen LogP contribution is -2.33. The molecule has 12 heteroatoms. The second-order valence-corrected chi connectivity index (χ2v) is 8.14. The fourth-order valence-electron chi connectivity index (χ4n) is 4.20. The van der Waals surface area contributed by atoms with Gasteiger partial charge >= 0.3 is 0 Å². The molecule has 0 amide bonds. The first kappa shape index (κ1) is 21.5. The molecule has 2 aromatic heterocycles. The summed E-state index contributed by atoms with van der Waals surface area (Å²) in [5.41, 5.74) is 11.5. The number of anilines is 3. The van der Waals surface area contributed by atoms with E-state index in [2.05, 4.69) is 42.5 Å². The number of aliphatic hydroxyl groups excluding tert-OH is 3. The minimum Gasteiger partial charge on any atom is -0.394 e. The number of rotatable bonds is 6. The zero-order chi connectivity index (χ0) is 22.9. The van der Waals surface area contributed by atoms with E-state index in [0.29, 0.717) is 11.2 Å². The number of ether oxygens (including phenoxy) is 1. The van der Waals surface area contributed by atoms with Crippen molar-refractivity contribution >= 4 is 34.8 Å². The van der Waals surface area contributed by atoms with Gasteiger partial charge in [-0.1, -0.05) is 12.1 Å². The lowest BCUT2D eigenvalue weighted by molar-refractivity contribution is -0.0511. The number of nitrogens with zero attached hydrogens (tertiary/aromatic N) is 6. The fourth-order valence-corrected chi connectivity index (χ4v) is 4.20. The van der Waals surface area contributed by atoms with Crippen molar-refractivity contribution in [1.29, 1.82) is 0 Å². The van der Waals surface area contributed by atoms with Gasteiger partial charge in [0.15, 0.2) is 17.7 Å². The molecule has 4 heterocycles. The first-order valence-corrected chi connectivity index (χ1v) is 10.8. The number of aromatic nitrogens is 4. The summed E-state index contributed by atoms with van der Waals surface area (Å²) in [6.45, 7) is 1.75. The fraction of sp³-hybridized carbons (Fsp3) is 0.429. The Balaban J connectivity index is 1.33. The monoisotopic (exact) mass is 454 g/mol. The van der Waals surface area contributed by atoms with Gasteiger partial charge in [0.25, 0.3) is 0 Å². The Kier molecular flexibility index (Phi) is 5.81. The molecule has 33 heavy (non-hydrogen) atoms. The molecule has 0 radical (unpaired) electrons. The van der Waals surface area contributed by atoms with Crippen LogP contribution < -0.4 is 16.1 Å². The molecule has 2 fully saturated rings. The zero-order valence-electron chi connectivity index (χ0n) is 17.8. The van der Waals surface area contributed by atoms with Gasteiger partial charge in [-0.2, -0.15) is 15.1 Å². The van der Waals surface area contributed by atoms with Crippen molar-refractivity contribution in [2.45, 2.75) is 37.4 Å². The molecule has 174 valence electrons. The minimum absolute atomic E-state index is 0.123. The van der Waals surface area contributed by atoms with Crippen LogP contribution in [0.15, 0.2) is 35.7 Å². The van der Waals surface area contributed by atoms with E-state index in [1.165, 1.54) is 29.4 Å². The summed E-state index contributed by atoms with van der Waals surface area (Å²) in [4.78, 5) is 15.1. The molecule has 2 saturated heterocycles. The lowest BCUT2D eigenvalue weighted by atomic mass is 10.1. The van der Waals surface area contributed by atoms with Crippen LogP contribution >= 0.6 is 0 Å². The van der Waals surface area contributed by atoms with Crippen molar-refractivity contribution in [2.75, 3.05) is 35.8 Å². The highest BCUT2D eigenvalue weighted by Gasteiger charge is 2.44. The maximum atomic E-state index is 10.3. The normalized spacial score (nSPS) is 25.5. The predicted molar refractivity (Wildman–Crippen MR) is 122 cm³/mol. The smallest absolute Gasteiger partial charge is 0.247 e. The second kappa shape index (κ2) is 8.90. The quantitative estimate of drug-likeness (QED) is 0.254. The first-order chi connectivity index (χ1) is 16.0. The number of nitrogens with one attached hydrogen (secondary N) is 1. The van der Waals surface area contributed by atoms with Gasteiger partial charge in [-0.05, 0) is 30.5 Å². The van der Waals surface area contributed by atoms with E-state index >= 15 is 0 Å². The molecule has 3 aromatic rings. The van der Waals surface area contributed by atoms with E-state index < -0.39 is 31.1 Å². The van der Waals surface area contributed by atoms with Crippen LogP contribution in [0.1, 0.15) is 24.6 Å². The van der Waals surface area contributed by atoms with Crippen molar-refractivity contribution in [1.82, 2.24) is 19.5 Å². The van der Waals surface area contributed by atoms with E-state index in [-0.39, 0.29) is 11.8 Å². The van der Waals surface area contributed by atoms with Gasteiger partial charge < -0.3 is 30.7 Å². The Morgan fingerprint density at radius 2 is 1.91 bits per heavy atom. The van der Waals surface area contributed by atoms with E-state index in [9.17, 15) is 15.3 Å². The van der Waals surface area contributed by atoms with Crippen molar-refractivity contribution in [3.63, 3.8) is 0 Å².